The molecule has 1 heterocycles. The molecule has 0 amide bonds. The van der Waals surface area contributed by atoms with Crippen molar-refractivity contribution in [3.8, 4) is 0 Å². The highest BCUT2D eigenvalue weighted by molar-refractivity contribution is 6.31. The van der Waals surface area contributed by atoms with E-state index in [4.69, 9.17) is 4.43 Å². The average Bonchev–Trinajstić information content (AvgIpc) is 2.38. The van der Waals surface area contributed by atoms with E-state index in [0.29, 0.717) is 5.56 Å². The molecule has 7 nitrogen and oxygen atoms in total. The number of nitrogens with one attached hydrogen (secondary N) is 1. The van der Waals surface area contributed by atoms with Gasteiger partial charge in [-0.2, -0.15) is 0 Å². The molecule has 1 aromatic rings. The van der Waals surface area contributed by atoms with Crippen LogP contribution >= 0.6 is 0 Å². The molecule has 1 rings (SSSR count). The van der Waals surface area contributed by atoms with Gasteiger partial charge in [0.05, 0.1) is 18.3 Å². The van der Waals surface area contributed by atoms with Crippen molar-refractivity contribution >= 4 is 15.7 Å². The monoisotopic (exact) mass is 328 g/mol. The summed E-state index contributed by atoms with van der Waals surface area (Å²) in [6.07, 6.45) is 1.37. The topological polar surface area (TPSA) is 90.4 Å². The lowest BCUT2D eigenvalue weighted by atomic mass is 10.0. The first kappa shape index (κ1) is 18.4. The second-order valence-electron chi connectivity index (χ2n) is 6.87. The van der Waals surface area contributed by atoms with E-state index in [-0.39, 0.29) is 11.6 Å². The van der Waals surface area contributed by atoms with Crippen molar-refractivity contribution in [3.05, 3.63) is 32.6 Å². The summed E-state index contributed by atoms with van der Waals surface area (Å²) >= 11 is 0. The van der Waals surface area contributed by atoms with Crippen molar-refractivity contribution in [2.45, 2.75) is 51.8 Å². The summed E-state index contributed by atoms with van der Waals surface area (Å²) in [6, 6.07) is 0. The third-order valence-electron chi connectivity index (χ3n) is 3.05. The van der Waals surface area contributed by atoms with Gasteiger partial charge in [-0.05, 0) is 18.9 Å². The Morgan fingerprint density at radius 2 is 1.86 bits per heavy atom. The van der Waals surface area contributed by atoms with Gasteiger partial charge in [0.1, 0.15) is 6.54 Å². The molecule has 0 radical (unpaired) electrons. The largest absolute Gasteiger partial charge is 0.468 e. The molecule has 0 bridgehead atoms. The molecule has 0 aromatic carbocycles. The van der Waals surface area contributed by atoms with Crippen molar-refractivity contribution in [2.24, 2.45) is 0 Å². The van der Waals surface area contributed by atoms with E-state index < -0.39 is 32.6 Å². The van der Waals surface area contributed by atoms with E-state index in [0.717, 1.165) is 4.57 Å². The summed E-state index contributed by atoms with van der Waals surface area (Å²) in [4.78, 5) is 37.4. The molecule has 0 saturated carbocycles. The number of carbonyl (C=O) groups excluding carboxylic acids is 1. The Hall–Kier alpha value is -1.67. The lowest BCUT2D eigenvalue weighted by molar-refractivity contribution is -0.141. The lowest BCUT2D eigenvalue weighted by Gasteiger charge is -2.29. The number of H-pyrrole nitrogens is 1. The summed E-state index contributed by atoms with van der Waals surface area (Å²) in [7, 11) is 0.344. The molecule has 1 aromatic heterocycles. The van der Waals surface area contributed by atoms with E-state index in [2.05, 4.69) is 30.5 Å². The maximum absolute atomic E-state index is 12.1. The highest BCUT2D eigenvalue weighted by Gasteiger charge is 2.28. The highest BCUT2D eigenvalue weighted by atomic mass is 28.2. The van der Waals surface area contributed by atoms with Crippen LogP contribution in [0.5, 0.6) is 0 Å². The van der Waals surface area contributed by atoms with Crippen molar-refractivity contribution in [2.75, 3.05) is 7.11 Å². The molecule has 0 aliphatic rings. The minimum Gasteiger partial charge on any atom is -0.468 e. The van der Waals surface area contributed by atoms with Gasteiger partial charge >= 0.3 is 11.7 Å². The molecule has 0 unspecified atom stereocenters. The summed E-state index contributed by atoms with van der Waals surface area (Å²) in [5.74, 6) is -0.567. The minimum absolute atomic E-state index is 0.0739. The maximum atomic E-state index is 12.1. The zero-order valence-electron chi connectivity index (χ0n) is 14.0. The van der Waals surface area contributed by atoms with Gasteiger partial charge < -0.3 is 9.16 Å². The second kappa shape index (κ2) is 6.61. The number of methoxy groups -OCH3 is 1. The molecule has 22 heavy (non-hydrogen) atoms. The summed E-state index contributed by atoms with van der Waals surface area (Å²) in [5, 5.41) is 0.0739. The number of aromatic amines is 1. The number of nitrogens with zero attached hydrogens (tertiary/aromatic N) is 1. The number of esters is 1. The van der Waals surface area contributed by atoms with Gasteiger partial charge in [-0.15, -0.1) is 0 Å². The Balaban J connectivity index is 3.17. The van der Waals surface area contributed by atoms with E-state index in [1.165, 1.54) is 13.3 Å². The number of hydrogen-bond acceptors (Lipinski definition) is 5. The Morgan fingerprint density at radius 1 is 1.27 bits per heavy atom. The van der Waals surface area contributed by atoms with Crippen LogP contribution in [-0.2, 0) is 26.1 Å². The molecular weight excluding hydrogens is 304 g/mol. The zero-order valence-corrected chi connectivity index (χ0v) is 15.4. The van der Waals surface area contributed by atoms with E-state index in [1.54, 1.807) is 13.8 Å². The van der Waals surface area contributed by atoms with Crippen LogP contribution in [-0.4, -0.2) is 32.4 Å². The molecule has 8 heteroatoms. The Bertz CT molecular complexity index is 654. The first-order valence-corrected chi connectivity index (χ1v) is 8.30. The smallest absolute Gasteiger partial charge is 0.328 e. The van der Waals surface area contributed by atoms with Crippen LogP contribution in [0.15, 0.2) is 15.8 Å². The summed E-state index contributed by atoms with van der Waals surface area (Å²) in [5.41, 5.74) is -1.67. The van der Waals surface area contributed by atoms with Crippen LogP contribution in [0.1, 0.15) is 40.2 Å². The normalized spacial score (nSPS) is 12.8. The van der Waals surface area contributed by atoms with Gasteiger partial charge in [-0.1, -0.05) is 20.8 Å². The van der Waals surface area contributed by atoms with Crippen molar-refractivity contribution in [1.29, 1.82) is 0 Å². The van der Waals surface area contributed by atoms with Crippen LogP contribution in [0.2, 0.25) is 5.04 Å². The number of hydrogen-bond donors (Lipinski definition) is 1. The van der Waals surface area contributed by atoms with Crippen molar-refractivity contribution in [1.82, 2.24) is 9.55 Å². The van der Waals surface area contributed by atoms with Gasteiger partial charge in [-0.25, -0.2) is 4.79 Å². The Kier molecular flexibility index (Phi) is 5.53. The van der Waals surface area contributed by atoms with Gasteiger partial charge in [-0.3, -0.25) is 19.1 Å². The van der Waals surface area contributed by atoms with Crippen LogP contribution in [0, 0.1) is 0 Å². The molecule has 0 aliphatic heterocycles. The third kappa shape index (κ3) is 4.95. The molecule has 0 saturated heterocycles. The van der Waals surface area contributed by atoms with E-state index >= 15 is 0 Å². The highest BCUT2D eigenvalue weighted by Crippen LogP contribution is 2.27. The first-order valence-electron chi connectivity index (χ1n) is 7.01. The van der Waals surface area contributed by atoms with Gasteiger partial charge in [0, 0.05) is 6.20 Å². The second-order valence-corrected chi connectivity index (χ2v) is 9.56. The third-order valence-corrected chi connectivity index (χ3v) is 4.78. The van der Waals surface area contributed by atoms with Crippen LogP contribution in [0.4, 0.5) is 0 Å². The molecule has 0 fully saturated rings. The standard InChI is InChI=1S/C14H24N2O5Si/c1-13(2,3)22-21-14(4,5)9-7-16(8-10(17)20-6)12(19)15-11(9)18/h7H,8,22H2,1-6H3,(H,15,18,19). The number of ether oxygens (including phenoxy) is 1. The fraction of sp³-hybridized carbons (Fsp3) is 0.643. The quantitative estimate of drug-likeness (QED) is 0.619. The van der Waals surface area contributed by atoms with Crippen LogP contribution < -0.4 is 11.2 Å². The minimum atomic E-state index is -0.894. The molecular formula is C14H24N2O5Si. The fourth-order valence-electron chi connectivity index (χ4n) is 1.73. The van der Waals surface area contributed by atoms with Crippen LogP contribution in [0.3, 0.4) is 0 Å². The number of rotatable bonds is 5. The SMILES string of the molecule is COC(=O)Cn1cc(C(C)(C)O[SiH2]C(C)(C)C)c(=O)[nH]c1=O. The van der Waals surface area contributed by atoms with Crippen molar-refractivity contribution < 1.29 is 14.0 Å². The fourth-order valence-corrected chi connectivity index (χ4v) is 2.68. The van der Waals surface area contributed by atoms with Gasteiger partial charge in [0.15, 0.2) is 9.76 Å². The predicted octanol–water partition coefficient (Wildman–Crippen LogP) is 0.263. The molecule has 0 spiro atoms. The maximum Gasteiger partial charge on any atom is 0.328 e. The molecule has 124 valence electrons. The average molecular weight is 328 g/mol. The Labute approximate surface area is 131 Å². The summed E-state index contributed by atoms with van der Waals surface area (Å²) in [6.45, 7) is 9.55. The lowest BCUT2D eigenvalue weighted by Crippen LogP contribution is -2.40. The van der Waals surface area contributed by atoms with Crippen LogP contribution in [0.25, 0.3) is 0 Å². The molecule has 0 atom stereocenters. The van der Waals surface area contributed by atoms with Gasteiger partial charge in [0.2, 0.25) is 0 Å². The first-order chi connectivity index (χ1) is 9.96. The van der Waals surface area contributed by atoms with Crippen molar-refractivity contribution in [3.63, 3.8) is 0 Å². The zero-order chi connectivity index (χ0) is 17.1. The molecule has 0 aliphatic carbocycles. The van der Waals surface area contributed by atoms with E-state index in [9.17, 15) is 14.4 Å². The summed E-state index contributed by atoms with van der Waals surface area (Å²) < 4.78 is 11.6. The van der Waals surface area contributed by atoms with E-state index in [1.807, 2.05) is 0 Å². The number of carbonyl (C=O) groups is 1. The molecule has 1 N–H and O–H groups in total. The van der Waals surface area contributed by atoms with Gasteiger partial charge in [0.25, 0.3) is 5.56 Å². The predicted molar refractivity (Wildman–Crippen MR) is 85.7 cm³/mol. The number of aromatic nitrogens is 2. The Morgan fingerprint density at radius 3 is 2.36 bits per heavy atom.